The van der Waals surface area contributed by atoms with E-state index in [-0.39, 0.29) is 5.82 Å². The second-order valence-electron chi connectivity index (χ2n) is 7.60. The number of alkyl halides is 3. The molecule has 1 aromatic carbocycles. The lowest BCUT2D eigenvalue weighted by atomic mass is 10.0. The summed E-state index contributed by atoms with van der Waals surface area (Å²) in [5, 5.41) is 7.82. The number of H-pyrrole nitrogens is 1. The van der Waals surface area contributed by atoms with Gasteiger partial charge in [0.2, 0.25) is 0 Å². The molecule has 0 atom stereocenters. The van der Waals surface area contributed by atoms with Gasteiger partial charge in [0.25, 0.3) is 0 Å². The van der Waals surface area contributed by atoms with Crippen LogP contribution < -0.4 is 15.8 Å². The zero-order chi connectivity index (χ0) is 24.8. The molecular weight excluding hydrogens is 451 g/mol. The van der Waals surface area contributed by atoms with Gasteiger partial charge in [-0.2, -0.15) is 13.2 Å². The summed E-state index contributed by atoms with van der Waals surface area (Å²) >= 11 is 0. The Hall–Kier alpha value is -4.09. The van der Waals surface area contributed by atoms with Crippen molar-refractivity contribution < 1.29 is 22.4 Å². The normalized spacial score (nSPS) is 13.2. The first-order valence-corrected chi connectivity index (χ1v) is 10.1. The Morgan fingerprint density at radius 3 is 2.56 bits per heavy atom. The van der Waals surface area contributed by atoms with Crippen LogP contribution in [0.15, 0.2) is 33.0 Å². The number of rotatable bonds is 5. The number of aromatic nitrogens is 4. The van der Waals surface area contributed by atoms with Gasteiger partial charge in [0.15, 0.2) is 0 Å². The Morgan fingerprint density at radius 2 is 1.97 bits per heavy atom. The molecule has 0 saturated heterocycles. The molecule has 0 aliphatic heterocycles. The topological polar surface area (TPSA) is 127 Å². The number of nitrogens with two attached hydrogens (primary N) is 1. The van der Waals surface area contributed by atoms with Gasteiger partial charge >= 0.3 is 6.18 Å². The third-order valence-corrected chi connectivity index (χ3v) is 5.29. The molecule has 0 bridgehead atoms. The highest BCUT2D eigenvalue weighted by Crippen LogP contribution is 2.40. The molecule has 0 unspecified atom stereocenters. The molecule has 0 aliphatic rings. The van der Waals surface area contributed by atoms with Gasteiger partial charge in [-0.15, -0.1) is 0 Å². The highest BCUT2D eigenvalue weighted by molar-refractivity contribution is 6.13. The number of anilines is 1. The van der Waals surface area contributed by atoms with Gasteiger partial charge in [-0.3, -0.25) is 4.99 Å². The van der Waals surface area contributed by atoms with Crippen LogP contribution in [-0.2, 0) is 0 Å². The maximum atomic E-state index is 13.3. The minimum atomic E-state index is -4.75. The molecule has 0 spiro atoms. The van der Waals surface area contributed by atoms with Crippen LogP contribution in [0, 0.1) is 20.8 Å². The molecular formula is C22H22F3N7O2. The molecule has 4 N–H and O–H groups in total. The van der Waals surface area contributed by atoms with Gasteiger partial charge in [0.05, 0.1) is 29.5 Å². The highest BCUT2D eigenvalue weighted by atomic mass is 19.4. The molecule has 0 fully saturated rings. The Kier molecular flexibility index (Phi) is 5.67. The van der Waals surface area contributed by atoms with Crippen LogP contribution in [0.3, 0.4) is 0 Å². The van der Waals surface area contributed by atoms with Crippen LogP contribution >= 0.6 is 0 Å². The summed E-state index contributed by atoms with van der Waals surface area (Å²) in [7, 11) is 2.87. The molecule has 3 aromatic heterocycles. The standard InChI is InChI=1S/C22H22F3N7O2/c1-9-17(10(2)34-32-9)13-6-14-12(7-16(13)33-5)18-20(30-14)28-11(3)29-21(18)31-15(8-27-4)19(26)22(23,24)25/h6-8H,26H2,1-5H3,(H2,28,29,30,31). The molecule has 0 aliphatic carbocycles. The second-order valence-corrected chi connectivity index (χ2v) is 7.60. The van der Waals surface area contributed by atoms with Gasteiger partial charge < -0.3 is 25.3 Å². The number of aryl methyl sites for hydroxylation is 3. The number of fused-ring (bicyclic) bond motifs is 3. The minimum Gasteiger partial charge on any atom is -0.496 e. The number of nitrogens with one attached hydrogen (secondary N) is 2. The maximum Gasteiger partial charge on any atom is 0.432 e. The predicted octanol–water partition coefficient (Wildman–Crippen LogP) is 4.55. The zero-order valence-electron chi connectivity index (χ0n) is 19.0. The van der Waals surface area contributed by atoms with Crippen LogP contribution in [-0.4, -0.2) is 46.7 Å². The van der Waals surface area contributed by atoms with Crippen molar-refractivity contribution in [3.05, 3.63) is 40.8 Å². The van der Waals surface area contributed by atoms with Gasteiger partial charge in [-0.05, 0) is 32.9 Å². The molecule has 12 heteroatoms. The molecule has 9 nitrogen and oxygen atoms in total. The maximum absolute atomic E-state index is 13.3. The Bertz CT molecular complexity index is 1450. The summed E-state index contributed by atoms with van der Waals surface area (Å²) in [4.78, 5) is 15.7. The third kappa shape index (κ3) is 3.91. The van der Waals surface area contributed by atoms with E-state index in [0.717, 1.165) is 17.3 Å². The summed E-state index contributed by atoms with van der Waals surface area (Å²) in [6, 6.07) is 3.62. The Labute approximate surface area is 191 Å². The first-order valence-electron chi connectivity index (χ1n) is 10.1. The number of benzene rings is 1. The average molecular weight is 473 g/mol. The number of hydrogen-bond donors (Lipinski definition) is 3. The molecule has 0 radical (unpaired) electrons. The number of ether oxygens (including phenoxy) is 1. The number of allylic oxidation sites excluding steroid dienone is 2. The van der Waals surface area contributed by atoms with Crippen molar-refractivity contribution in [2.24, 2.45) is 10.7 Å². The van der Waals surface area contributed by atoms with E-state index in [2.05, 4.69) is 30.4 Å². The lowest BCUT2D eigenvalue weighted by Gasteiger charge is -2.14. The fraction of sp³-hybridized carbons (Fsp3) is 0.273. The SMILES string of the molecule is CN=CC(Nc1nc(C)nc2[nH]c3cc(-c4c(C)noc4C)c(OC)cc3c12)=C(N)C(F)(F)F. The summed E-state index contributed by atoms with van der Waals surface area (Å²) in [6.45, 7) is 5.26. The van der Waals surface area contributed by atoms with Crippen molar-refractivity contribution in [2.75, 3.05) is 19.5 Å². The van der Waals surface area contributed by atoms with Crippen molar-refractivity contribution >= 4 is 34.0 Å². The third-order valence-electron chi connectivity index (χ3n) is 5.29. The Morgan fingerprint density at radius 1 is 1.24 bits per heavy atom. The van der Waals surface area contributed by atoms with Gasteiger partial charge in [-0.1, -0.05) is 5.16 Å². The summed E-state index contributed by atoms with van der Waals surface area (Å²) < 4.78 is 50.8. The number of aliphatic imine (C=N–C) groups is 1. The number of hydrogen-bond acceptors (Lipinski definition) is 8. The van der Waals surface area contributed by atoms with Crippen molar-refractivity contribution in [1.29, 1.82) is 0 Å². The van der Waals surface area contributed by atoms with Crippen molar-refractivity contribution in [3.63, 3.8) is 0 Å². The van der Waals surface area contributed by atoms with E-state index in [1.807, 2.05) is 13.0 Å². The van der Waals surface area contributed by atoms with Crippen LogP contribution in [0.5, 0.6) is 5.75 Å². The van der Waals surface area contributed by atoms with Gasteiger partial charge in [0, 0.05) is 29.7 Å². The molecule has 0 saturated carbocycles. The van der Waals surface area contributed by atoms with Gasteiger partial charge in [-0.25, -0.2) is 9.97 Å². The molecule has 4 aromatic rings. The minimum absolute atomic E-state index is 0.142. The average Bonchev–Trinajstić information content (AvgIpc) is 3.29. The van der Waals surface area contributed by atoms with E-state index >= 15 is 0 Å². The number of halogens is 3. The lowest BCUT2D eigenvalue weighted by Crippen LogP contribution is -2.25. The van der Waals surface area contributed by atoms with E-state index in [0.29, 0.717) is 45.0 Å². The molecule has 34 heavy (non-hydrogen) atoms. The lowest BCUT2D eigenvalue weighted by molar-refractivity contribution is -0.0930. The number of methoxy groups -OCH3 is 1. The quantitative estimate of drug-likeness (QED) is 0.363. The summed E-state index contributed by atoms with van der Waals surface area (Å²) in [5.41, 5.74) is 6.95. The van der Waals surface area contributed by atoms with Crippen LogP contribution in [0.1, 0.15) is 17.3 Å². The summed E-state index contributed by atoms with van der Waals surface area (Å²) in [5.74, 6) is 1.64. The number of aromatic amines is 1. The smallest absolute Gasteiger partial charge is 0.432 e. The van der Waals surface area contributed by atoms with E-state index in [9.17, 15) is 13.2 Å². The van der Waals surface area contributed by atoms with Crippen LogP contribution in [0.25, 0.3) is 33.1 Å². The predicted molar refractivity (Wildman–Crippen MR) is 123 cm³/mol. The van der Waals surface area contributed by atoms with Gasteiger partial charge in [0.1, 0.15) is 34.5 Å². The van der Waals surface area contributed by atoms with E-state index < -0.39 is 17.6 Å². The first kappa shape index (κ1) is 23.1. The first-order chi connectivity index (χ1) is 16.0. The Balaban J connectivity index is 1.99. The largest absolute Gasteiger partial charge is 0.496 e. The zero-order valence-corrected chi connectivity index (χ0v) is 19.0. The number of nitrogens with zero attached hydrogens (tertiary/aromatic N) is 4. The van der Waals surface area contributed by atoms with E-state index in [4.69, 9.17) is 15.0 Å². The van der Waals surface area contributed by atoms with E-state index in [1.165, 1.54) is 14.2 Å². The molecule has 178 valence electrons. The molecule has 0 amide bonds. The van der Waals surface area contributed by atoms with Crippen molar-refractivity contribution in [1.82, 2.24) is 20.1 Å². The van der Waals surface area contributed by atoms with Crippen molar-refractivity contribution in [2.45, 2.75) is 26.9 Å². The van der Waals surface area contributed by atoms with Crippen molar-refractivity contribution in [3.8, 4) is 16.9 Å². The second kappa shape index (κ2) is 8.36. The molecule has 3 heterocycles. The van der Waals surface area contributed by atoms with Crippen LogP contribution in [0.4, 0.5) is 19.0 Å². The molecule has 4 rings (SSSR count). The monoisotopic (exact) mass is 473 g/mol. The van der Waals surface area contributed by atoms with Crippen LogP contribution in [0.2, 0.25) is 0 Å². The van der Waals surface area contributed by atoms with E-state index in [1.54, 1.807) is 19.9 Å². The fourth-order valence-corrected chi connectivity index (χ4v) is 3.84. The summed E-state index contributed by atoms with van der Waals surface area (Å²) in [6.07, 6.45) is -3.76. The highest BCUT2D eigenvalue weighted by Gasteiger charge is 2.34. The fourth-order valence-electron chi connectivity index (χ4n) is 3.84.